The van der Waals surface area contributed by atoms with E-state index in [9.17, 15) is 14.9 Å². The number of rotatable bonds is 8. The first-order valence-corrected chi connectivity index (χ1v) is 11.0. The van der Waals surface area contributed by atoms with Gasteiger partial charge in [-0.2, -0.15) is 5.26 Å². The van der Waals surface area contributed by atoms with Crippen LogP contribution in [-0.2, 0) is 16.1 Å². The van der Waals surface area contributed by atoms with E-state index in [0.717, 1.165) is 10.0 Å². The molecule has 0 radical (unpaired) electrons. The number of halogens is 1. The van der Waals surface area contributed by atoms with Gasteiger partial charge in [-0.05, 0) is 49.4 Å². The van der Waals surface area contributed by atoms with Crippen molar-refractivity contribution in [2.45, 2.75) is 13.5 Å². The summed E-state index contributed by atoms with van der Waals surface area (Å²) in [4.78, 5) is 24.4. The van der Waals surface area contributed by atoms with Crippen LogP contribution in [0.15, 0.2) is 82.8 Å². The lowest BCUT2D eigenvalue weighted by molar-refractivity contribution is -0.112. The first-order chi connectivity index (χ1) is 16.0. The van der Waals surface area contributed by atoms with Gasteiger partial charge in [-0.15, -0.1) is 0 Å². The minimum absolute atomic E-state index is 0.0820. The highest BCUT2D eigenvalue weighted by Gasteiger charge is 2.13. The Bertz CT molecular complexity index is 1210. The van der Waals surface area contributed by atoms with Crippen LogP contribution < -0.4 is 10.1 Å². The monoisotopic (exact) mass is 504 g/mol. The van der Waals surface area contributed by atoms with Gasteiger partial charge in [-0.25, -0.2) is 4.79 Å². The highest BCUT2D eigenvalue weighted by Crippen LogP contribution is 2.24. The molecule has 3 aromatic carbocycles. The molecule has 0 heterocycles. The van der Waals surface area contributed by atoms with E-state index in [-0.39, 0.29) is 12.2 Å². The Morgan fingerprint density at radius 1 is 1.03 bits per heavy atom. The quantitative estimate of drug-likeness (QED) is 0.239. The summed E-state index contributed by atoms with van der Waals surface area (Å²) in [5.41, 5.74) is 2.32. The first-order valence-electron chi connectivity index (χ1n) is 10.2. The van der Waals surface area contributed by atoms with Crippen LogP contribution in [0, 0.1) is 11.3 Å². The van der Waals surface area contributed by atoms with Gasteiger partial charge in [0.25, 0.3) is 5.91 Å². The molecule has 1 N–H and O–H groups in total. The minimum Gasteiger partial charge on any atom is -0.488 e. The summed E-state index contributed by atoms with van der Waals surface area (Å²) >= 11 is 3.50. The van der Waals surface area contributed by atoms with E-state index in [4.69, 9.17) is 9.47 Å². The molecule has 0 unspecified atom stereocenters. The van der Waals surface area contributed by atoms with E-state index in [1.54, 1.807) is 49.4 Å². The summed E-state index contributed by atoms with van der Waals surface area (Å²) in [6.45, 7) is 2.33. The minimum atomic E-state index is -0.568. The van der Waals surface area contributed by atoms with Crippen LogP contribution >= 0.6 is 15.9 Å². The van der Waals surface area contributed by atoms with Crippen LogP contribution in [0.3, 0.4) is 0 Å². The van der Waals surface area contributed by atoms with Gasteiger partial charge in [0.05, 0.1) is 12.2 Å². The zero-order chi connectivity index (χ0) is 23.6. The van der Waals surface area contributed by atoms with Gasteiger partial charge in [0.15, 0.2) is 0 Å². The second-order valence-electron chi connectivity index (χ2n) is 6.84. The van der Waals surface area contributed by atoms with Crippen molar-refractivity contribution in [1.82, 2.24) is 0 Å². The number of nitrogens with one attached hydrogen (secondary N) is 1. The molecule has 0 fully saturated rings. The number of esters is 1. The van der Waals surface area contributed by atoms with Gasteiger partial charge < -0.3 is 14.8 Å². The molecular weight excluding hydrogens is 484 g/mol. The smallest absolute Gasteiger partial charge is 0.338 e. The molecule has 0 saturated heterocycles. The van der Waals surface area contributed by atoms with Crippen molar-refractivity contribution >= 4 is 39.6 Å². The molecule has 0 atom stereocenters. The van der Waals surface area contributed by atoms with Gasteiger partial charge in [0.1, 0.15) is 24.0 Å². The maximum Gasteiger partial charge on any atom is 0.338 e. The SMILES string of the molecule is CCOC(=O)c1ccc(NC(=O)/C(C#N)=C/c2ccccc2OCc2ccccc2Br)cc1. The van der Waals surface area contributed by atoms with Crippen molar-refractivity contribution < 1.29 is 19.1 Å². The molecule has 6 nitrogen and oxygen atoms in total. The Kier molecular flexibility index (Phi) is 8.39. The zero-order valence-electron chi connectivity index (χ0n) is 17.9. The average Bonchev–Trinajstić information content (AvgIpc) is 2.83. The summed E-state index contributed by atoms with van der Waals surface area (Å²) < 4.78 is 11.8. The molecule has 0 aromatic heterocycles. The topological polar surface area (TPSA) is 88.4 Å². The predicted octanol–water partition coefficient (Wildman–Crippen LogP) is 5.75. The second-order valence-corrected chi connectivity index (χ2v) is 7.69. The molecule has 166 valence electrons. The average molecular weight is 505 g/mol. The number of amides is 1. The van der Waals surface area contributed by atoms with Crippen LogP contribution in [-0.4, -0.2) is 18.5 Å². The summed E-state index contributed by atoms with van der Waals surface area (Å²) in [5, 5.41) is 12.2. The zero-order valence-corrected chi connectivity index (χ0v) is 19.5. The maximum absolute atomic E-state index is 12.7. The fraction of sp³-hybridized carbons (Fsp3) is 0.115. The number of benzene rings is 3. The molecule has 7 heteroatoms. The third-order valence-corrected chi connectivity index (χ3v) is 5.35. The Balaban J connectivity index is 1.74. The molecule has 3 rings (SSSR count). The number of anilines is 1. The summed E-state index contributed by atoms with van der Waals surface area (Å²) in [6.07, 6.45) is 1.48. The lowest BCUT2D eigenvalue weighted by Gasteiger charge is -2.11. The summed E-state index contributed by atoms with van der Waals surface area (Å²) in [5.74, 6) is -0.457. The number of carbonyl (C=O) groups excluding carboxylic acids is 2. The number of hydrogen-bond donors (Lipinski definition) is 1. The molecule has 33 heavy (non-hydrogen) atoms. The van der Waals surface area contributed by atoms with Crippen LogP contribution in [0.1, 0.15) is 28.4 Å². The van der Waals surface area contributed by atoms with Crippen LogP contribution in [0.4, 0.5) is 5.69 Å². The molecule has 0 saturated carbocycles. The number of carbonyl (C=O) groups is 2. The summed E-state index contributed by atoms with van der Waals surface area (Å²) in [7, 11) is 0. The Morgan fingerprint density at radius 3 is 2.42 bits per heavy atom. The largest absolute Gasteiger partial charge is 0.488 e. The number of para-hydroxylation sites is 1. The van der Waals surface area contributed by atoms with Crippen LogP contribution in [0.25, 0.3) is 6.08 Å². The summed E-state index contributed by atoms with van der Waals surface area (Å²) in [6, 6.07) is 23.1. The van der Waals surface area contributed by atoms with E-state index in [1.807, 2.05) is 36.4 Å². The van der Waals surface area contributed by atoms with Gasteiger partial charge in [0.2, 0.25) is 0 Å². The highest BCUT2D eigenvalue weighted by atomic mass is 79.9. The lowest BCUT2D eigenvalue weighted by Crippen LogP contribution is -2.13. The lowest BCUT2D eigenvalue weighted by atomic mass is 10.1. The van der Waals surface area contributed by atoms with Crippen molar-refractivity contribution in [2.75, 3.05) is 11.9 Å². The van der Waals surface area contributed by atoms with Gasteiger partial charge in [-0.3, -0.25) is 4.79 Å². The molecule has 3 aromatic rings. The Morgan fingerprint density at radius 2 is 1.73 bits per heavy atom. The fourth-order valence-corrected chi connectivity index (χ4v) is 3.31. The Hall–Kier alpha value is -3.89. The number of hydrogen-bond acceptors (Lipinski definition) is 5. The standard InChI is InChI=1S/C26H21BrN2O4/c1-2-32-26(31)18-11-13-22(14-12-18)29-25(30)21(16-28)15-19-7-4-6-10-24(19)33-17-20-8-3-5-9-23(20)27/h3-15H,2,17H2,1H3,(H,29,30)/b21-15+. The van der Waals surface area contributed by atoms with Crippen molar-refractivity contribution in [3.05, 3.63) is 99.5 Å². The number of nitrogens with zero attached hydrogens (tertiary/aromatic N) is 1. The fourth-order valence-electron chi connectivity index (χ4n) is 2.91. The molecule has 0 aliphatic heterocycles. The van der Waals surface area contributed by atoms with E-state index in [2.05, 4.69) is 21.2 Å². The third-order valence-electron chi connectivity index (χ3n) is 4.58. The molecule has 1 amide bonds. The normalized spacial score (nSPS) is 10.8. The van der Waals surface area contributed by atoms with Crippen LogP contribution in [0.5, 0.6) is 5.75 Å². The van der Waals surface area contributed by atoms with E-state index in [1.165, 1.54) is 6.08 Å². The van der Waals surface area contributed by atoms with Gasteiger partial charge in [-0.1, -0.05) is 52.3 Å². The molecule has 0 aliphatic rings. The van der Waals surface area contributed by atoms with Gasteiger partial charge in [0, 0.05) is 21.3 Å². The molecule has 0 aliphatic carbocycles. The van der Waals surface area contributed by atoms with Crippen molar-refractivity contribution in [2.24, 2.45) is 0 Å². The van der Waals surface area contributed by atoms with E-state index in [0.29, 0.717) is 29.2 Å². The van der Waals surface area contributed by atoms with Crippen molar-refractivity contribution in [1.29, 1.82) is 5.26 Å². The van der Waals surface area contributed by atoms with Gasteiger partial charge >= 0.3 is 5.97 Å². The van der Waals surface area contributed by atoms with Crippen molar-refractivity contribution in [3.8, 4) is 11.8 Å². The van der Waals surface area contributed by atoms with E-state index < -0.39 is 11.9 Å². The van der Waals surface area contributed by atoms with Crippen molar-refractivity contribution in [3.63, 3.8) is 0 Å². The van der Waals surface area contributed by atoms with Crippen LogP contribution in [0.2, 0.25) is 0 Å². The van der Waals surface area contributed by atoms with E-state index >= 15 is 0 Å². The predicted molar refractivity (Wildman–Crippen MR) is 130 cm³/mol. The highest BCUT2D eigenvalue weighted by molar-refractivity contribution is 9.10. The molecular formula is C26H21BrN2O4. The number of nitriles is 1. The maximum atomic E-state index is 12.7. The second kappa shape index (κ2) is 11.7. The third kappa shape index (κ3) is 6.55. The first kappa shape index (κ1) is 23.8. The Labute approximate surface area is 200 Å². The molecule has 0 spiro atoms. The number of ether oxygens (including phenoxy) is 2. The molecule has 0 bridgehead atoms.